The predicted octanol–water partition coefficient (Wildman–Crippen LogP) is 21.4. The van der Waals surface area contributed by atoms with E-state index in [0.29, 0.717) is 28.7 Å². The third-order valence-corrected chi connectivity index (χ3v) is 23.1. The van der Waals surface area contributed by atoms with E-state index in [1.165, 1.54) is 33.4 Å². The highest BCUT2D eigenvalue weighted by molar-refractivity contribution is 6.06. The summed E-state index contributed by atoms with van der Waals surface area (Å²) >= 11 is 0. The van der Waals surface area contributed by atoms with Crippen LogP contribution in [0, 0.1) is 29.1 Å². The zero-order valence-corrected chi connectivity index (χ0v) is 65.3. The molecule has 7 aliphatic carbocycles. The number of fused-ring (bicyclic) bond motifs is 7. The van der Waals surface area contributed by atoms with E-state index >= 15 is 0 Å². The maximum absolute atomic E-state index is 13.3. The molecule has 16 rings (SSSR count). The summed E-state index contributed by atoms with van der Waals surface area (Å²) in [6, 6.07) is 60.2. The molecular formula is C98H104O14. The molecule has 14 nitrogen and oxygen atoms in total. The highest BCUT2D eigenvalue weighted by Gasteiger charge is 2.70. The second kappa shape index (κ2) is 36.9. The standard InChI is InChI=1S/C24H26O6.C24H22O2.C20H20O2.2C15H18O2/c1-12(2)22(25)29-20-15-11-16-19(24(27)30-21(16)20)18(15)23(26)28-17-10-6-4-8-13-7-3-5-9-14(13)17;1-2-17-11-7-14-21-19(17)13-8-15-22(21)24(25)26-23-16-6-4-10-18-9-3-5-12-20(18)23;1-2-15-11-13-17(14-12-15)20(21)22-19-10-6-4-8-16-7-3-5-9-18(16)19;1-10(2)14(16)17-13-12-8-6-5-7-11(12)9-15(13,3)4;1-11(2)15(16)17-14-10-6-4-8-12-7-3-5-9-13(12)14/h3,5,7,9,15-21H,1,4,6,8,10-11H2,2H3;2-3,5,7-9,11-15,23H,1,4,6,10,16H2;2-3,5,7,9,11-14,19H,1,4,6,8,10H2;5-8,13H,1,9H2,2-4H3;3,5,7,9,14H,1,4,6,8,10H2,2H3. The van der Waals surface area contributed by atoms with E-state index in [1.54, 1.807) is 39.0 Å². The van der Waals surface area contributed by atoms with Crippen LogP contribution in [0.5, 0.6) is 0 Å². The summed E-state index contributed by atoms with van der Waals surface area (Å²) in [6.45, 7) is 27.7. The van der Waals surface area contributed by atoms with Gasteiger partial charge in [0, 0.05) is 34.0 Å². The molecule has 11 atom stereocenters. The Morgan fingerprint density at radius 1 is 0.429 bits per heavy atom. The minimum atomic E-state index is -0.625. The number of rotatable bonds is 14. The molecule has 0 amide bonds. The summed E-state index contributed by atoms with van der Waals surface area (Å²) in [6.07, 6.45) is 19.6. The van der Waals surface area contributed by atoms with Crippen LogP contribution in [-0.4, -0.2) is 54.0 Å². The van der Waals surface area contributed by atoms with E-state index in [4.69, 9.17) is 33.2 Å². The van der Waals surface area contributed by atoms with Crippen LogP contribution in [-0.2, 0) is 89.2 Å². The fraction of sp³-hybridized carbons (Fsp3) is 0.357. The van der Waals surface area contributed by atoms with Crippen molar-refractivity contribution in [3.8, 4) is 0 Å². The number of hydrogen-bond acceptors (Lipinski definition) is 14. The van der Waals surface area contributed by atoms with Crippen molar-refractivity contribution < 1.29 is 66.7 Å². The first-order valence-corrected chi connectivity index (χ1v) is 39.8. The lowest BCUT2D eigenvalue weighted by atomic mass is 9.78. The number of aryl methyl sites for hydroxylation is 4. The van der Waals surface area contributed by atoms with Gasteiger partial charge >= 0.3 is 41.8 Å². The van der Waals surface area contributed by atoms with Gasteiger partial charge in [0.15, 0.2) is 0 Å². The van der Waals surface area contributed by atoms with Gasteiger partial charge in [0.25, 0.3) is 0 Å². The molecule has 580 valence electrons. The van der Waals surface area contributed by atoms with Crippen molar-refractivity contribution in [2.75, 3.05) is 0 Å². The molecule has 0 radical (unpaired) electrons. The zero-order chi connectivity index (χ0) is 79.2. The Labute approximate surface area is 659 Å². The third kappa shape index (κ3) is 18.8. The minimum absolute atomic E-state index is 0.0468. The Hall–Kier alpha value is -11.0. The maximum Gasteiger partial charge on any atom is 0.339 e. The van der Waals surface area contributed by atoms with Crippen LogP contribution < -0.4 is 0 Å². The summed E-state index contributed by atoms with van der Waals surface area (Å²) < 4.78 is 40.1. The number of esters is 7. The smallest absolute Gasteiger partial charge is 0.339 e. The third-order valence-electron chi connectivity index (χ3n) is 23.1. The molecule has 3 fully saturated rings. The molecule has 2 saturated carbocycles. The molecule has 1 heterocycles. The highest BCUT2D eigenvalue weighted by Crippen LogP contribution is 2.59. The summed E-state index contributed by atoms with van der Waals surface area (Å²) in [5.74, 6) is -3.82. The summed E-state index contributed by atoms with van der Waals surface area (Å²) in [5, 5.41) is 1.94. The van der Waals surface area contributed by atoms with Crippen LogP contribution in [0.1, 0.15) is 236 Å². The van der Waals surface area contributed by atoms with Gasteiger partial charge in [-0.3, -0.25) is 9.59 Å². The van der Waals surface area contributed by atoms with Crippen molar-refractivity contribution in [1.29, 1.82) is 0 Å². The topological polar surface area (TPSA) is 184 Å². The first-order valence-electron chi connectivity index (χ1n) is 39.8. The molecule has 8 aliphatic rings. The highest BCUT2D eigenvalue weighted by atomic mass is 16.6. The molecule has 8 aromatic carbocycles. The summed E-state index contributed by atoms with van der Waals surface area (Å²) in [7, 11) is 0. The first-order chi connectivity index (χ1) is 54.1. The van der Waals surface area contributed by atoms with Gasteiger partial charge in [0.05, 0.1) is 23.0 Å². The maximum atomic E-state index is 13.3. The number of carbonyl (C=O) groups is 7. The SMILES string of the molecule is C=C(C)C(=O)OC1C2CC3C1OC(=O)C3C2C(=O)OC1CCCCc2ccccc21.C=C(C)C(=O)OC1CCCCc2ccccc21.C=C(C)C(=O)OC1c2ccccc2CC1(C)C.C=Cc1ccc(C(=O)OC2CCCCc3ccccc32)cc1.C=Cc1cccc2c(C(=O)OC3CCCCc4ccccc43)cccc12. The van der Waals surface area contributed by atoms with Crippen LogP contribution in [0.2, 0.25) is 0 Å². The molecule has 8 aromatic rings. The second-order valence-electron chi connectivity index (χ2n) is 31.5. The largest absolute Gasteiger partial charge is 0.458 e. The molecule has 1 aliphatic heterocycles. The van der Waals surface area contributed by atoms with Crippen LogP contribution in [0.3, 0.4) is 0 Å². The van der Waals surface area contributed by atoms with E-state index in [2.05, 4.69) is 107 Å². The lowest BCUT2D eigenvalue weighted by molar-refractivity contribution is -0.166. The van der Waals surface area contributed by atoms with Crippen molar-refractivity contribution in [1.82, 2.24) is 0 Å². The Kier molecular flexibility index (Phi) is 26.5. The number of ether oxygens (including phenoxy) is 7. The molecule has 0 N–H and O–H groups in total. The Morgan fingerprint density at radius 2 is 0.857 bits per heavy atom. The van der Waals surface area contributed by atoms with E-state index in [-0.39, 0.29) is 89.2 Å². The van der Waals surface area contributed by atoms with Gasteiger partial charge in [-0.25, -0.2) is 24.0 Å². The molecule has 0 spiro atoms. The van der Waals surface area contributed by atoms with E-state index in [0.717, 1.165) is 153 Å². The van der Waals surface area contributed by atoms with Crippen LogP contribution in [0.25, 0.3) is 22.9 Å². The average molecular weight is 1510 g/mol. The molecular weight excluding hydrogens is 1400 g/mol. The van der Waals surface area contributed by atoms with Crippen molar-refractivity contribution in [2.24, 2.45) is 29.1 Å². The van der Waals surface area contributed by atoms with Crippen LogP contribution in [0.15, 0.2) is 232 Å². The molecule has 0 aromatic heterocycles. The monoisotopic (exact) mass is 1500 g/mol. The van der Waals surface area contributed by atoms with E-state index in [1.807, 2.05) is 115 Å². The van der Waals surface area contributed by atoms with Crippen LogP contribution in [0.4, 0.5) is 0 Å². The fourth-order valence-electron chi connectivity index (χ4n) is 17.4. The van der Waals surface area contributed by atoms with Crippen molar-refractivity contribution in [3.05, 3.63) is 309 Å². The summed E-state index contributed by atoms with van der Waals surface area (Å²) in [4.78, 5) is 86.7. The average Bonchev–Trinajstić information content (AvgIpc) is 1.54. The molecule has 2 bridgehead atoms. The molecule has 112 heavy (non-hydrogen) atoms. The normalized spacial score (nSPS) is 22.9. The van der Waals surface area contributed by atoms with Gasteiger partial charge in [-0.2, -0.15) is 0 Å². The fourth-order valence-corrected chi connectivity index (χ4v) is 17.4. The summed E-state index contributed by atoms with van der Waals surface area (Å²) in [5.41, 5.74) is 16.5. The van der Waals surface area contributed by atoms with Gasteiger partial charge in [-0.1, -0.05) is 223 Å². The van der Waals surface area contributed by atoms with Gasteiger partial charge in [-0.15, -0.1) is 0 Å². The number of carbonyl (C=O) groups excluding carboxylic acids is 7. The lowest BCUT2D eigenvalue weighted by Crippen LogP contribution is -2.44. The van der Waals surface area contributed by atoms with E-state index < -0.39 is 30.0 Å². The first kappa shape index (κ1) is 80.5. The molecule has 14 heteroatoms. The Morgan fingerprint density at radius 3 is 1.35 bits per heavy atom. The lowest BCUT2D eigenvalue weighted by Gasteiger charge is -2.31. The van der Waals surface area contributed by atoms with Gasteiger partial charge in [0.2, 0.25) is 0 Å². The number of benzene rings is 8. The molecule has 1 saturated heterocycles. The van der Waals surface area contributed by atoms with Crippen molar-refractivity contribution >= 4 is 64.7 Å². The zero-order valence-electron chi connectivity index (χ0n) is 65.3. The van der Waals surface area contributed by atoms with Gasteiger partial charge in [-0.05, 0) is 232 Å². The minimum Gasteiger partial charge on any atom is -0.458 e. The second-order valence-corrected chi connectivity index (χ2v) is 31.5. The number of hydrogen-bond donors (Lipinski definition) is 0. The Balaban J connectivity index is 0.000000132. The van der Waals surface area contributed by atoms with Gasteiger partial charge in [0.1, 0.15) is 42.7 Å². The van der Waals surface area contributed by atoms with E-state index in [9.17, 15) is 33.6 Å². The quantitative estimate of drug-likeness (QED) is 0.0433. The molecule has 11 unspecified atom stereocenters. The van der Waals surface area contributed by atoms with Crippen molar-refractivity contribution in [3.63, 3.8) is 0 Å². The Bertz CT molecular complexity index is 4840. The van der Waals surface area contributed by atoms with Crippen LogP contribution >= 0.6 is 0 Å². The predicted molar refractivity (Wildman–Crippen MR) is 436 cm³/mol. The van der Waals surface area contributed by atoms with Crippen molar-refractivity contribution in [2.45, 2.75) is 193 Å². The van der Waals surface area contributed by atoms with Gasteiger partial charge < -0.3 is 33.2 Å².